The summed E-state index contributed by atoms with van der Waals surface area (Å²) in [6, 6.07) is 7.54. The van der Waals surface area contributed by atoms with E-state index >= 15 is 0 Å². The maximum atomic E-state index is 5.52. The van der Waals surface area contributed by atoms with Crippen molar-refractivity contribution in [1.29, 1.82) is 0 Å². The summed E-state index contributed by atoms with van der Waals surface area (Å²) >= 11 is 0. The molecule has 0 saturated heterocycles. The number of hydrogen-bond acceptors (Lipinski definition) is 1. The van der Waals surface area contributed by atoms with Gasteiger partial charge in [-0.1, -0.05) is 17.6 Å². The van der Waals surface area contributed by atoms with Crippen molar-refractivity contribution < 1.29 is 4.74 Å². The van der Waals surface area contributed by atoms with Gasteiger partial charge in [0.15, 0.2) is 0 Å². The minimum absolute atomic E-state index is 0.471. The molecule has 1 saturated carbocycles. The molecule has 1 aromatic carbocycles. The average Bonchev–Trinajstić information content (AvgIpc) is 2.78. The molecule has 0 unspecified atom stereocenters. The summed E-state index contributed by atoms with van der Waals surface area (Å²) < 4.78 is 5.52. The van der Waals surface area contributed by atoms with Gasteiger partial charge in [0, 0.05) is 0 Å². The van der Waals surface area contributed by atoms with Crippen molar-refractivity contribution in [3.63, 3.8) is 0 Å². The molecule has 1 aliphatic carbocycles. The Kier molecular flexibility index (Phi) is 1.61. The van der Waals surface area contributed by atoms with Gasteiger partial charge in [0.05, 0.1) is 6.10 Å². The lowest BCUT2D eigenvalue weighted by molar-refractivity contribution is 0.303. The number of benzene rings is 1. The molecule has 1 fully saturated rings. The molecule has 1 nitrogen and oxygen atoms in total. The van der Waals surface area contributed by atoms with Gasteiger partial charge in [-0.15, -0.1) is 0 Å². The molecule has 0 amide bonds. The minimum atomic E-state index is 0.471. The van der Waals surface area contributed by atoms with E-state index in [0.29, 0.717) is 6.10 Å². The smallest absolute Gasteiger partial charge is 0.119 e. The summed E-state index contributed by atoms with van der Waals surface area (Å²) in [5, 5.41) is 0. The first kappa shape index (κ1) is 6.77. The standard InChI is InChI=1S/C9H9BO/c10-7-1-3-8(4-2-7)11-9-5-6-9/h1-4,9H,5-6H2. The van der Waals surface area contributed by atoms with E-state index in [4.69, 9.17) is 12.6 Å². The quantitative estimate of drug-likeness (QED) is 0.563. The predicted octanol–water partition coefficient (Wildman–Crippen LogP) is 1.02. The van der Waals surface area contributed by atoms with Crippen LogP contribution in [0.25, 0.3) is 0 Å². The van der Waals surface area contributed by atoms with Gasteiger partial charge in [-0.2, -0.15) is 0 Å². The zero-order valence-corrected chi connectivity index (χ0v) is 6.29. The SMILES string of the molecule is [B]c1ccc(OC2CC2)cc1. The average molecular weight is 144 g/mol. The van der Waals surface area contributed by atoms with Crippen LogP contribution in [-0.2, 0) is 0 Å². The summed E-state index contributed by atoms with van der Waals surface area (Å²) in [6.07, 6.45) is 2.87. The third kappa shape index (κ3) is 1.76. The van der Waals surface area contributed by atoms with Crippen molar-refractivity contribution in [3.05, 3.63) is 24.3 Å². The second-order valence-electron chi connectivity index (χ2n) is 2.89. The van der Waals surface area contributed by atoms with Crippen molar-refractivity contribution in [2.24, 2.45) is 0 Å². The van der Waals surface area contributed by atoms with Gasteiger partial charge in [0.1, 0.15) is 13.6 Å². The van der Waals surface area contributed by atoms with Crippen LogP contribution in [0.15, 0.2) is 24.3 Å². The molecule has 0 spiro atoms. The number of hydrogen-bond donors (Lipinski definition) is 0. The lowest BCUT2D eigenvalue weighted by Crippen LogP contribution is -2.01. The number of ether oxygens (including phenoxy) is 1. The molecule has 0 aliphatic heterocycles. The van der Waals surface area contributed by atoms with E-state index in [0.717, 1.165) is 11.2 Å². The van der Waals surface area contributed by atoms with Crippen molar-refractivity contribution in [3.8, 4) is 5.75 Å². The maximum Gasteiger partial charge on any atom is 0.119 e. The molecule has 2 radical (unpaired) electrons. The third-order valence-corrected chi connectivity index (χ3v) is 1.71. The molecule has 0 heterocycles. The van der Waals surface area contributed by atoms with Crippen molar-refractivity contribution in [2.75, 3.05) is 0 Å². The molecular weight excluding hydrogens is 135 g/mol. The Bertz CT molecular complexity index is 238. The lowest BCUT2D eigenvalue weighted by atomic mass is 9.97. The zero-order chi connectivity index (χ0) is 7.68. The second-order valence-corrected chi connectivity index (χ2v) is 2.89. The Balaban J connectivity index is 2.06. The van der Waals surface area contributed by atoms with Crippen LogP contribution >= 0.6 is 0 Å². The zero-order valence-electron chi connectivity index (χ0n) is 6.29. The van der Waals surface area contributed by atoms with Crippen LogP contribution in [0.1, 0.15) is 12.8 Å². The van der Waals surface area contributed by atoms with Crippen LogP contribution in [0, 0.1) is 0 Å². The molecule has 0 bridgehead atoms. The second kappa shape index (κ2) is 2.61. The Labute approximate surface area is 67.8 Å². The predicted molar refractivity (Wildman–Crippen MR) is 45.5 cm³/mol. The monoisotopic (exact) mass is 144 g/mol. The Hall–Kier alpha value is -0.915. The van der Waals surface area contributed by atoms with Gasteiger partial charge < -0.3 is 4.74 Å². The Morgan fingerprint density at radius 1 is 1.18 bits per heavy atom. The van der Waals surface area contributed by atoms with Crippen LogP contribution in [-0.4, -0.2) is 14.0 Å². The van der Waals surface area contributed by atoms with Crippen molar-refractivity contribution in [1.82, 2.24) is 0 Å². The molecule has 2 rings (SSSR count). The first-order valence-electron chi connectivity index (χ1n) is 3.87. The molecule has 1 aliphatic rings. The molecule has 1 aromatic rings. The van der Waals surface area contributed by atoms with Crippen LogP contribution < -0.4 is 10.2 Å². The summed E-state index contributed by atoms with van der Waals surface area (Å²) in [5.41, 5.74) is 0.785. The first-order valence-corrected chi connectivity index (χ1v) is 3.87. The molecule has 0 N–H and O–H groups in total. The Morgan fingerprint density at radius 3 is 2.36 bits per heavy atom. The maximum absolute atomic E-state index is 5.52. The summed E-state index contributed by atoms with van der Waals surface area (Å²) in [6.45, 7) is 0. The third-order valence-electron chi connectivity index (χ3n) is 1.71. The Morgan fingerprint density at radius 2 is 1.82 bits per heavy atom. The summed E-state index contributed by atoms with van der Waals surface area (Å²) in [7, 11) is 5.52. The largest absolute Gasteiger partial charge is 0.490 e. The van der Waals surface area contributed by atoms with Crippen LogP contribution in [0.4, 0.5) is 0 Å². The molecule has 0 aromatic heterocycles. The van der Waals surface area contributed by atoms with E-state index in [-0.39, 0.29) is 0 Å². The highest BCUT2D eigenvalue weighted by atomic mass is 16.5. The van der Waals surface area contributed by atoms with Gasteiger partial charge in [-0.25, -0.2) is 0 Å². The van der Waals surface area contributed by atoms with E-state index in [1.807, 2.05) is 24.3 Å². The highest BCUT2D eigenvalue weighted by Crippen LogP contribution is 2.25. The fourth-order valence-corrected chi connectivity index (χ4v) is 0.925. The van der Waals surface area contributed by atoms with Gasteiger partial charge >= 0.3 is 0 Å². The molecule has 2 heteroatoms. The van der Waals surface area contributed by atoms with E-state index in [2.05, 4.69) is 0 Å². The fourth-order valence-electron chi connectivity index (χ4n) is 0.925. The molecule has 54 valence electrons. The van der Waals surface area contributed by atoms with Crippen molar-refractivity contribution in [2.45, 2.75) is 18.9 Å². The van der Waals surface area contributed by atoms with Gasteiger partial charge in [0.2, 0.25) is 0 Å². The summed E-state index contributed by atoms with van der Waals surface area (Å²) in [5.74, 6) is 0.932. The lowest BCUT2D eigenvalue weighted by Gasteiger charge is -2.03. The molecular formula is C9H9BO. The molecule has 11 heavy (non-hydrogen) atoms. The van der Waals surface area contributed by atoms with E-state index in [1.165, 1.54) is 12.8 Å². The fraction of sp³-hybridized carbons (Fsp3) is 0.333. The van der Waals surface area contributed by atoms with Gasteiger partial charge in [0.25, 0.3) is 0 Å². The highest BCUT2D eigenvalue weighted by molar-refractivity contribution is 6.32. The molecule has 0 atom stereocenters. The highest BCUT2D eigenvalue weighted by Gasteiger charge is 2.23. The van der Waals surface area contributed by atoms with E-state index in [9.17, 15) is 0 Å². The summed E-state index contributed by atoms with van der Waals surface area (Å²) in [4.78, 5) is 0. The van der Waals surface area contributed by atoms with Crippen LogP contribution in [0.5, 0.6) is 5.75 Å². The van der Waals surface area contributed by atoms with E-state index < -0.39 is 0 Å². The van der Waals surface area contributed by atoms with Crippen molar-refractivity contribution >= 4 is 13.3 Å². The minimum Gasteiger partial charge on any atom is -0.490 e. The van der Waals surface area contributed by atoms with E-state index in [1.54, 1.807) is 0 Å². The normalized spacial score (nSPS) is 16.4. The van der Waals surface area contributed by atoms with Crippen LogP contribution in [0.3, 0.4) is 0 Å². The topological polar surface area (TPSA) is 9.23 Å². The number of rotatable bonds is 2. The van der Waals surface area contributed by atoms with Gasteiger partial charge in [-0.3, -0.25) is 0 Å². The van der Waals surface area contributed by atoms with Crippen LogP contribution in [0.2, 0.25) is 0 Å². The van der Waals surface area contributed by atoms with Gasteiger partial charge in [-0.05, 0) is 25.0 Å². The first-order chi connectivity index (χ1) is 5.34.